The van der Waals surface area contributed by atoms with Crippen LogP contribution in [-0.4, -0.2) is 18.1 Å². The van der Waals surface area contributed by atoms with Gasteiger partial charge in [-0.25, -0.2) is 0 Å². The van der Waals surface area contributed by atoms with Gasteiger partial charge in [0.05, 0.1) is 12.7 Å². The van der Waals surface area contributed by atoms with Crippen LogP contribution in [0.1, 0.15) is 21.7 Å². The molecule has 0 unspecified atom stereocenters. The molecule has 3 aromatic carbocycles. The largest absolute Gasteiger partial charge is 0.496 e. The summed E-state index contributed by atoms with van der Waals surface area (Å²) in [4.78, 5) is 12.7. The van der Waals surface area contributed by atoms with E-state index in [-0.39, 0.29) is 12.5 Å². The number of hydrogen-bond donors (Lipinski definition) is 2. The zero-order valence-corrected chi connectivity index (χ0v) is 17.6. The van der Waals surface area contributed by atoms with Crippen molar-refractivity contribution in [2.24, 2.45) is 0 Å². The number of methoxy groups -OCH3 is 1. The lowest BCUT2D eigenvalue weighted by molar-refractivity contribution is 0.102. The molecule has 32 heavy (non-hydrogen) atoms. The minimum Gasteiger partial charge on any atom is -0.496 e. The maximum atomic E-state index is 12.7. The van der Waals surface area contributed by atoms with E-state index in [0.717, 1.165) is 11.1 Å². The van der Waals surface area contributed by atoms with Gasteiger partial charge in [-0.1, -0.05) is 30.3 Å². The second kappa shape index (κ2) is 9.85. The lowest BCUT2D eigenvalue weighted by atomic mass is 10.1. The average Bonchev–Trinajstić information content (AvgIpc) is 3.33. The molecule has 1 aromatic heterocycles. The molecule has 6 nitrogen and oxygen atoms in total. The summed E-state index contributed by atoms with van der Waals surface area (Å²) in [6, 6.07) is 25.7. The topological polar surface area (TPSA) is 80.9 Å². The molecule has 4 rings (SSSR count). The van der Waals surface area contributed by atoms with Gasteiger partial charge in [0.2, 0.25) is 0 Å². The molecule has 2 N–H and O–H groups in total. The van der Waals surface area contributed by atoms with E-state index < -0.39 is 0 Å². The summed E-state index contributed by atoms with van der Waals surface area (Å²) in [5.41, 5.74) is 2.91. The van der Waals surface area contributed by atoms with Gasteiger partial charge >= 0.3 is 0 Å². The summed E-state index contributed by atoms with van der Waals surface area (Å²) in [6.07, 6.45) is 0. The number of ether oxygens (including phenoxy) is 2. The molecule has 0 saturated heterocycles. The molecular formula is C26H23NO5. The first-order valence-electron chi connectivity index (χ1n) is 10.1. The summed E-state index contributed by atoms with van der Waals surface area (Å²) >= 11 is 0. The van der Waals surface area contributed by atoms with Crippen LogP contribution in [0.3, 0.4) is 0 Å². The summed E-state index contributed by atoms with van der Waals surface area (Å²) in [6.45, 7) is 0.292. The van der Waals surface area contributed by atoms with Gasteiger partial charge in [0, 0.05) is 17.3 Å². The van der Waals surface area contributed by atoms with Crippen molar-refractivity contribution in [3.05, 3.63) is 102 Å². The number of furan rings is 1. The zero-order valence-electron chi connectivity index (χ0n) is 17.6. The van der Waals surface area contributed by atoms with Crippen molar-refractivity contribution in [3.8, 4) is 22.8 Å². The van der Waals surface area contributed by atoms with E-state index in [1.54, 1.807) is 61.7 Å². The smallest absolute Gasteiger partial charge is 0.255 e. The fraction of sp³-hybridized carbons (Fsp3) is 0.115. The number of nitrogens with one attached hydrogen (secondary N) is 1. The minimum absolute atomic E-state index is 0.174. The van der Waals surface area contributed by atoms with E-state index >= 15 is 0 Å². The summed E-state index contributed by atoms with van der Waals surface area (Å²) in [5.74, 6) is 2.05. The Labute approximate surface area is 186 Å². The van der Waals surface area contributed by atoms with Crippen molar-refractivity contribution in [3.63, 3.8) is 0 Å². The fourth-order valence-electron chi connectivity index (χ4n) is 3.23. The van der Waals surface area contributed by atoms with E-state index in [1.807, 2.05) is 30.3 Å². The van der Waals surface area contributed by atoms with Gasteiger partial charge in [-0.2, -0.15) is 0 Å². The lowest BCUT2D eigenvalue weighted by Gasteiger charge is -2.11. The highest BCUT2D eigenvalue weighted by atomic mass is 16.5. The molecule has 0 fully saturated rings. The highest BCUT2D eigenvalue weighted by molar-refractivity contribution is 6.04. The molecule has 0 atom stereocenters. The normalized spacial score (nSPS) is 10.6. The minimum atomic E-state index is -0.241. The van der Waals surface area contributed by atoms with Crippen molar-refractivity contribution in [1.82, 2.24) is 0 Å². The van der Waals surface area contributed by atoms with Gasteiger partial charge in [-0.05, 0) is 54.1 Å². The van der Waals surface area contributed by atoms with Gasteiger partial charge in [-0.15, -0.1) is 0 Å². The fourth-order valence-corrected chi connectivity index (χ4v) is 3.23. The van der Waals surface area contributed by atoms with E-state index in [2.05, 4.69) is 5.32 Å². The third-order valence-corrected chi connectivity index (χ3v) is 4.91. The van der Waals surface area contributed by atoms with Crippen molar-refractivity contribution in [2.75, 3.05) is 12.4 Å². The Hall–Kier alpha value is -4.03. The van der Waals surface area contributed by atoms with Crippen molar-refractivity contribution in [1.29, 1.82) is 0 Å². The standard InChI is InChI=1S/C26H23NO5/c1-30-25-15-20(9-13-23(25)24-14-12-22(16-28)32-24)27-26(29)19-7-10-21(11-8-19)31-17-18-5-3-2-4-6-18/h2-15,28H,16-17H2,1H3,(H,27,29). The number of aliphatic hydroxyl groups is 1. The first-order chi connectivity index (χ1) is 15.7. The monoisotopic (exact) mass is 429 g/mol. The third-order valence-electron chi connectivity index (χ3n) is 4.91. The maximum absolute atomic E-state index is 12.7. The molecule has 0 aliphatic heterocycles. The van der Waals surface area contributed by atoms with Crippen LogP contribution < -0.4 is 14.8 Å². The molecule has 0 saturated carbocycles. The number of carbonyl (C=O) groups is 1. The van der Waals surface area contributed by atoms with Crippen LogP contribution in [0.15, 0.2) is 89.3 Å². The first-order valence-corrected chi connectivity index (χ1v) is 10.1. The molecule has 1 amide bonds. The molecule has 0 spiro atoms. The first kappa shape index (κ1) is 21.2. The Kier molecular flexibility index (Phi) is 6.53. The van der Waals surface area contributed by atoms with Crippen LogP contribution in [-0.2, 0) is 13.2 Å². The van der Waals surface area contributed by atoms with Gasteiger partial charge < -0.3 is 24.3 Å². The Morgan fingerprint density at radius 3 is 2.44 bits per heavy atom. The average molecular weight is 429 g/mol. The molecule has 162 valence electrons. The number of carbonyl (C=O) groups excluding carboxylic acids is 1. The van der Waals surface area contributed by atoms with Crippen LogP contribution in [0.5, 0.6) is 11.5 Å². The van der Waals surface area contributed by atoms with Gasteiger partial charge in [0.25, 0.3) is 5.91 Å². The lowest BCUT2D eigenvalue weighted by Crippen LogP contribution is -2.11. The summed E-state index contributed by atoms with van der Waals surface area (Å²) < 4.78 is 16.8. The number of benzene rings is 3. The molecule has 1 heterocycles. The molecule has 0 radical (unpaired) electrons. The van der Waals surface area contributed by atoms with Gasteiger partial charge in [-0.3, -0.25) is 4.79 Å². The molecule has 4 aromatic rings. The number of rotatable bonds is 8. The molecule has 0 aliphatic carbocycles. The van der Waals surface area contributed by atoms with E-state index in [1.165, 1.54) is 0 Å². The zero-order chi connectivity index (χ0) is 22.3. The Morgan fingerprint density at radius 2 is 1.75 bits per heavy atom. The Bertz CT molecular complexity index is 1180. The predicted molar refractivity (Wildman–Crippen MR) is 122 cm³/mol. The second-order valence-corrected chi connectivity index (χ2v) is 7.09. The quantitative estimate of drug-likeness (QED) is 0.398. The summed E-state index contributed by atoms with van der Waals surface area (Å²) in [7, 11) is 1.55. The van der Waals surface area contributed by atoms with Gasteiger partial charge in [0.1, 0.15) is 36.2 Å². The highest BCUT2D eigenvalue weighted by Gasteiger charge is 2.13. The van der Waals surface area contributed by atoms with Crippen LogP contribution in [0.25, 0.3) is 11.3 Å². The Morgan fingerprint density at radius 1 is 0.969 bits per heavy atom. The van der Waals surface area contributed by atoms with Crippen molar-refractivity contribution in [2.45, 2.75) is 13.2 Å². The van der Waals surface area contributed by atoms with Crippen molar-refractivity contribution < 1.29 is 23.8 Å². The molecule has 0 bridgehead atoms. The van der Waals surface area contributed by atoms with Gasteiger partial charge in [0.15, 0.2) is 0 Å². The van der Waals surface area contributed by atoms with Crippen LogP contribution in [0.4, 0.5) is 5.69 Å². The molecule has 6 heteroatoms. The van der Waals surface area contributed by atoms with Crippen molar-refractivity contribution >= 4 is 11.6 Å². The van der Waals surface area contributed by atoms with Crippen LogP contribution in [0, 0.1) is 0 Å². The Balaban J connectivity index is 1.41. The predicted octanol–water partition coefficient (Wildman–Crippen LogP) is 5.28. The van der Waals surface area contributed by atoms with Crippen LogP contribution in [0.2, 0.25) is 0 Å². The van der Waals surface area contributed by atoms with E-state index in [4.69, 9.17) is 13.9 Å². The van der Waals surface area contributed by atoms with E-state index in [0.29, 0.717) is 40.9 Å². The number of hydrogen-bond acceptors (Lipinski definition) is 5. The van der Waals surface area contributed by atoms with E-state index in [9.17, 15) is 9.90 Å². The second-order valence-electron chi connectivity index (χ2n) is 7.09. The van der Waals surface area contributed by atoms with Crippen LogP contribution >= 0.6 is 0 Å². The number of anilines is 1. The molecule has 0 aliphatic rings. The number of aliphatic hydroxyl groups excluding tert-OH is 1. The maximum Gasteiger partial charge on any atom is 0.255 e. The SMILES string of the molecule is COc1cc(NC(=O)c2ccc(OCc3ccccc3)cc2)ccc1-c1ccc(CO)o1. The summed E-state index contributed by atoms with van der Waals surface area (Å²) in [5, 5.41) is 12.1. The molecular weight excluding hydrogens is 406 g/mol. The number of amides is 1. The third kappa shape index (κ3) is 4.99. The highest BCUT2D eigenvalue weighted by Crippen LogP contribution is 2.33.